The number of methoxy groups -OCH3 is 1. The number of para-hydroxylation sites is 1. The van der Waals surface area contributed by atoms with Crippen LogP contribution in [0.25, 0.3) is 11.0 Å². The van der Waals surface area contributed by atoms with Crippen LogP contribution >= 0.6 is 0 Å². The molecule has 0 aliphatic rings. The van der Waals surface area contributed by atoms with Crippen LogP contribution < -0.4 is 16.0 Å². The Bertz CT molecular complexity index is 943. The van der Waals surface area contributed by atoms with Gasteiger partial charge in [0.2, 0.25) is 5.55 Å². The van der Waals surface area contributed by atoms with Crippen molar-refractivity contribution >= 4 is 22.6 Å². The van der Waals surface area contributed by atoms with E-state index in [9.17, 15) is 9.90 Å². The van der Waals surface area contributed by atoms with Gasteiger partial charge in [0.15, 0.2) is 11.3 Å². The van der Waals surface area contributed by atoms with Gasteiger partial charge in [0.25, 0.3) is 5.91 Å². The van der Waals surface area contributed by atoms with Gasteiger partial charge in [-0.15, -0.1) is 0 Å². The summed E-state index contributed by atoms with van der Waals surface area (Å²) < 4.78 is 11.0. The highest BCUT2D eigenvalue weighted by Crippen LogP contribution is 2.25. The van der Waals surface area contributed by atoms with Crippen molar-refractivity contribution in [1.82, 2.24) is 0 Å². The van der Waals surface area contributed by atoms with E-state index in [1.54, 1.807) is 36.4 Å². The number of amides is 1. The number of hydrogen-bond acceptors (Lipinski definition) is 5. The summed E-state index contributed by atoms with van der Waals surface area (Å²) in [5, 5.41) is 10.0. The maximum Gasteiger partial charge on any atom is 0.254 e. The number of hydrogen-bond donors (Lipinski definition) is 2. The summed E-state index contributed by atoms with van der Waals surface area (Å²) in [5.74, 6) is 0.00729. The summed E-state index contributed by atoms with van der Waals surface area (Å²) in [6, 6.07) is 13.1. The Balaban J connectivity index is 2.30. The number of ether oxygens (including phenoxy) is 1. The monoisotopic (exact) mass is 310 g/mol. The molecule has 2 aromatic carbocycles. The van der Waals surface area contributed by atoms with Gasteiger partial charge in [0.05, 0.1) is 12.8 Å². The SMILES string of the molecule is COc1cccc2cc(C(N)=O)c(=Nc3ccc(O)cc3)oc12. The fourth-order valence-corrected chi connectivity index (χ4v) is 2.19. The highest BCUT2D eigenvalue weighted by Gasteiger charge is 2.12. The summed E-state index contributed by atoms with van der Waals surface area (Å²) >= 11 is 0. The van der Waals surface area contributed by atoms with Crippen LogP contribution in [0.5, 0.6) is 11.5 Å². The van der Waals surface area contributed by atoms with Crippen molar-refractivity contribution in [3.05, 3.63) is 59.6 Å². The predicted octanol–water partition coefficient (Wildman–Crippen LogP) is 2.48. The van der Waals surface area contributed by atoms with E-state index >= 15 is 0 Å². The lowest BCUT2D eigenvalue weighted by molar-refractivity contribution is 0.0996. The molecular formula is C17H14N2O4. The third-order valence-electron chi connectivity index (χ3n) is 3.30. The molecule has 0 aliphatic carbocycles. The van der Waals surface area contributed by atoms with Crippen molar-refractivity contribution in [3.8, 4) is 11.5 Å². The van der Waals surface area contributed by atoms with Crippen molar-refractivity contribution in [2.45, 2.75) is 0 Å². The first-order chi connectivity index (χ1) is 11.1. The molecule has 1 aromatic heterocycles. The van der Waals surface area contributed by atoms with Crippen LogP contribution in [0, 0.1) is 0 Å². The van der Waals surface area contributed by atoms with E-state index in [1.165, 1.54) is 19.2 Å². The van der Waals surface area contributed by atoms with Gasteiger partial charge in [0.1, 0.15) is 11.3 Å². The highest BCUT2D eigenvalue weighted by atomic mass is 16.5. The Morgan fingerprint density at radius 2 is 1.96 bits per heavy atom. The molecule has 116 valence electrons. The van der Waals surface area contributed by atoms with Crippen LogP contribution in [0.4, 0.5) is 5.69 Å². The molecule has 0 fully saturated rings. The highest BCUT2D eigenvalue weighted by molar-refractivity contribution is 5.96. The minimum atomic E-state index is -0.643. The van der Waals surface area contributed by atoms with Gasteiger partial charge in [-0.2, -0.15) is 0 Å². The van der Waals surface area contributed by atoms with E-state index in [0.717, 1.165) is 0 Å². The van der Waals surface area contributed by atoms with Gasteiger partial charge in [-0.3, -0.25) is 4.79 Å². The Morgan fingerprint density at radius 3 is 2.61 bits per heavy atom. The third-order valence-corrected chi connectivity index (χ3v) is 3.30. The van der Waals surface area contributed by atoms with Gasteiger partial charge in [0, 0.05) is 5.39 Å². The van der Waals surface area contributed by atoms with Crippen LogP contribution in [-0.4, -0.2) is 18.1 Å². The molecule has 0 unspecified atom stereocenters. The third kappa shape index (κ3) is 2.87. The Kier molecular flexibility index (Phi) is 3.72. The van der Waals surface area contributed by atoms with Crippen molar-refractivity contribution in [1.29, 1.82) is 0 Å². The average Bonchev–Trinajstić information content (AvgIpc) is 2.55. The largest absolute Gasteiger partial charge is 0.508 e. The fraction of sp³-hybridized carbons (Fsp3) is 0.0588. The number of primary amides is 1. The van der Waals surface area contributed by atoms with Crippen molar-refractivity contribution in [3.63, 3.8) is 0 Å². The lowest BCUT2D eigenvalue weighted by atomic mass is 10.1. The normalized spacial score (nSPS) is 11.6. The van der Waals surface area contributed by atoms with E-state index in [2.05, 4.69) is 4.99 Å². The lowest BCUT2D eigenvalue weighted by Crippen LogP contribution is -2.21. The van der Waals surface area contributed by atoms with E-state index in [1.807, 2.05) is 0 Å². The first-order valence-electron chi connectivity index (χ1n) is 6.83. The molecule has 0 spiro atoms. The first kappa shape index (κ1) is 14.6. The molecule has 0 aliphatic heterocycles. The molecule has 1 heterocycles. The summed E-state index contributed by atoms with van der Waals surface area (Å²) in [4.78, 5) is 16.0. The van der Waals surface area contributed by atoms with E-state index in [-0.39, 0.29) is 16.9 Å². The molecule has 23 heavy (non-hydrogen) atoms. The molecule has 6 nitrogen and oxygen atoms in total. The van der Waals surface area contributed by atoms with Crippen molar-refractivity contribution < 1.29 is 19.1 Å². The minimum absolute atomic E-state index is 0.0835. The van der Waals surface area contributed by atoms with Crippen LogP contribution in [-0.2, 0) is 0 Å². The van der Waals surface area contributed by atoms with Crippen molar-refractivity contribution in [2.24, 2.45) is 10.7 Å². The van der Waals surface area contributed by atoms with Gasteiger partial charge < -0.3 is 20.0 Å². The maximum atomic E-state index is 11.7. The number of fused-ring (bicyclic) bond motifs is 1. The van der Waals surface area contributed by atoms with Crippen LogP contribution in [0.2, 0.25) is 0 Å². The van der Waals surface area contributed by atoms with Crippen molar-refractivity contribution in [2.75, 3.05) is 7.11 Å². The smallest absolute Gasteiger partial charge is 0.254 e. The van der Waals surface area contributed by atoms with E-state index in [0.29, 0.717) is 22.4 Å². The van der Waals surface area contributed by atoms with Gasteiger partial charge in [-0.1, -0.05) is 12.1 Å². The maximum absolute atomic E-state index is 11.7. The number of aromatic hydroxyl groups is 1. The first-order valence-corrected chi connectivity index (χ1v) is 6.83. The molecule has 0 bridgehead atoms. The number of carbonyl (C=O) groups is 1. The number of phenolic OH excluding ortho intramolecular Hbond substituents is 1. The molecule has 3 aromatic rings. The fourth-order valence-electron chi connectivity index (χ4n) is 2.19. The molecule has 3 rings (SSSR count). The zero-order chi connectivity index (χ0) is 16.4. The topological polar surface area (TPSA) is 98.1 Å². The van der Waals surface area contributed by atoms with Gasteiger partial charge in [-0.05, 0) is 36.4 Å². The Labute approximate surface area is 131 Å². The number of rotatable bonds is 3. The molecule has 1 amide bonds. The molecular weight excluding hydrogens is 296 g/mol. The Morgan fingerprint density at radius 1 is 1.22 bits per heavy atom. The second-order valence-electron chi connectivity index (χ2n) is 4.84. The second-order valence-corrected chi connectivity index (χ2v) is 4.84. The molecule has 6 heteroatoms. The Hall–Kier alpha value is -3.28. The summed E-state index contributed by atoms with van der Waals surface area (Å²) in [5.41, 5.74) is 6.66. The summed E-state index contributed by atoms with van der Waals surface area (Å²) in [6.45, 7) is 0. The average molecular weight is 310 g/mol. The number of benzene rings is 2. The quantitative estimate of drug-likeness (QED) is 0.776. The minimum Gasteiger partial charge on any atom is -0.508 e. The van der Waals surface area contributed by atoms with Crippen LogP contribution in [0.3, 0.4) is 0 Å². The van der Waals surface area contributed by atoms with Gasteiger partial charge in [-0.25, -0.2) is 4.99 Å². The zero-order valence-corrected chi connectivity index (χ0v) is 12.3. The molecule has 0 radical (unpaired) electrons. The molecule has 3 N–H and O–H groups in total. The molecule has 0 saturated heterocycles. The molecule has 0 saturated carbocycles. The number of nitrogens with two attached hydrogens (primary N) is 1. The van der Waals surface area contributed by atoms with E-state index < -0.39 is 5.91 Å². The van der Waals surface area contributed by atoms with E-state index in [4.69, 9.17) is 14.9 Å². The second kappa shape index (κ2) is 5.84. The lowest BCUT2D eigenvalue weighted by Gasteiger charge is -2.06. The van der Waals surface area contributed by atoms with Crippen LogP contribution in [0.15, 0.2) is 57.9 Å². The number of nitrogens with zero attached hydrogens (tertiary/aromatic N) is 1. The van der Waals surface area contributed by atoms with Crippen LogP contribution in [0.1, 0.15) is 10.4 Å². The molecule has 0 atom stereocenters. The summed E-state index contributed by atoms with van der Waals surface area (Å²) in [6.07, 6.45) is 0. The summed E-state index contributed by atoms with van der Waals surface area (Å²) in [7, 11) is 1.53. The number of carbonyl (C=O) groups excluding carboxylic acids is 1. The number of phenols is 1. The predicted molar refractivity (Wildman–Crippen MR) is 84.6 cm³/mol. The zero-order valence-electron chi connectivity index (χ0n) is 12.3. The van der Waals surface area contributed by atoms with Gasteiger partial charge >= 0.3 is 0 Å². The standard InChI is InChI=1S/C17H14N2O4/c1-22-14-4-2-3-10-9-13(16(18)21)17(23-15(10)14)19-11-5-7-12(20)8-6-11/h2-9,20H,1H3,(H2,18,21).